The fraction of sp³-hybridized carbons (Fsp3) is 0.118. The van der Waals surface area contributed by atoms with Crippen LogP contribution in [0.2, 0.25) is 0 Å². The summed E-state index contributed by atoms with van der Waals surface area (Å²) < 4.78 is 38.6. The van der Waals surface area contributed by atoms with Crippen LogP contribution in [0.3, 0.4) is 0 Å². The maximum absolute atomic E-state index is 12.9. The lowest BCUT2D eigenvalue weighted by Gasteiger charge is -2.13. The molecule has 0 atom stereocenters. The summed E-state index contributed by atoms with van der Waals surface area (Å²) in [6, 6.07) is 14.0. The summed E-state index contributed by atoms with van der Waals surface area (Å²) in [7, 11) is 0. The number of benzene rings is 2. The predicted molar refractivity (Wildman–Crippen MR) is 80.2 cm³/mol. The molecule has 0 radical (unpaired) electrons. The number of amides is 1. The van der Waals surface area contributed by atoms with Crippen molar-refractivity contribution in [3.8, 4) is 0 Å². The fourth-order valence-electron chi connectivity index (χ4n) is 1.93. The van der Waals surface area contributed by atoms with Gasteiger partial charge in [-0.25, -0.2) is 0 Å². The molecule has 0 heterocycles. The molecule has 0 saturated heterocycles. The second-order valence-electron chi connectivity index (χ2n) is 4.74. The monoisotopic (exact) mass is 305 g/mol. The normalized spacial score (nSPS) is 12.1. The Morgan fingerprint density at radius 2 is 1.59 bits per heavy atom. The SMILES string of the molecule is C/C(=C\c1ccccc1)C(=O)Nc1ccccc1C(F)(F)F. The minimum absolute atomic E-state index is 0.249. The van der Waals surface area contributed by atoms with Crippen LogP contribution in [0.1, 0.15) is 18.1 Å². The summed E-state index contributed by atoms with van der Waals surface area (Å²) in [5.74, 6) is -0.569. The number of alkyl halides is 3. The molecule has 0 bridgehead atoms. The molecule has 2 aromatic rings. The van der Waals surface area contributed by atoms with E-state index in [1.165, 1.54) is 18.2 Å². The third kappa shape index (κ3) is 3.97. The third-order valence-electron chi connectivity index (χ3n) is 3.02. The Hall–Kier alpha value is -2.56. The molecule has 0 aliphatic heterocycles. The van der Waals surface area contributed by atoms with Crippen molar-refractivity contribution in [1.29, 1.82) is 0 Å². The average molecular weight is 305 g/mol. The van der Waals surface area contributed by atoms with E-state index >= 15 is 0 Å². The van der Waals surface area contributed by atoms with Gasteiger partial charge in [0.05, 0.1) is 11.3 Å². The van der Waals surface area contributed by atoms with Crippen molar-refractivity contribution in [3.63, 3.8) is 0 Å². The van der Waals surface area contributed by atoms with Gasteiger partial charge in [-0.1, -0.05) is 42.5 Å². The van der Waals surface area contributed by atoms with Gasteiger partial charge in [-0.05, 0) is 30.7 Å². The van der Waals surface area contributed by atoms with E-state index < -0.39 is 17.6 Å². The van der Waals surface area contributed by atoms with Crippen LogP contribution in [-0.4, -0.2) is 5.91 Å². The summed E-state index contributed by atoms with van der Waals surface area (Å²) in [6.07, 6.45) is -2.90. The van der Waals surface area contributed by atoms with E-state index in [9.17, 15) is 18.0 Å². The number of carbonyl (C=O) groups excluding carboxylic acids is 1. The van der Waals surface area contributed by atoms with Crippen LogP contribution in [0.5, 0.6) is 0 Å². The number of carbonyl (C=O) groups is 1. The molecule has 0 aliphatic carbocycles. The zero-order valence-electron chi connectivity index (χ0n) is 11.8. The molecular weight excluding hydrogens is 291 g/mol. The number of hydrogen-bond donors (Lipinski definition) is 1. The van der Waals surface area contributed by atoms with E-state index in [0.29, 0.717) is 5.57 Å². The van der Waals surface area contributed by atoms with Crippen molar-refractivity contribution in [2.45, 2.75) is 13.1 Å². The van der Waals surface area contributed by atoms with Gasteiger partial charge in [0.2, 0.25) is 0 Å². The van der Waals surface area contributed by atoms with Crippen LogP contribution in [0, 0.1) is 0 Å². The first kappa shape index (κ1) is 15.8. The Morgan fingerprint density at radius 1 is 1.00 bits per heavy atom. The average Bonchev–Trinajstić information content (AvgIpc) is 2.47. The number of para-hydroxylation sites is 1. The van der Waals surface area contributed by atoms with Crippen molar-refractivity contribution in [2.75, 3.05) is 5.32 Å². The number of halogens is 3. The zero-order chi connectivity index (χ0) is 16.2. The molecule has 2 nitrogen and oxygen atoms in total. The minimum atomic E-state index is -4.51. The Balaban J connectivity index is 2.21. The molecule has 5 heteroatoms. The lowest BCUT2D eigenvalue weighted by molar-refractivity contribution is -0.137. The van der Waals surface area contributed by atoms with Gasteiger partial charge in [-0.15, -0.1) is 0 Å². The standard InChI is InChI=1S/C17H14F3NO/c1-12(11-13-7-3-2-4-8-13)16(22)21-15-10-6-5-9-14(15)17(18,19)20/h2-11H,1H3,(H,21,22)/b12-11+. The van der Waals surface area contributed by atoms with Gasteiger partial charge in [0, 0.05) is 5.57 Å². The minimum Gasteiger partial charge on any atom is -0.322 e. The van der Waals surface area contributed by atoms with E-state index in [2.05, 4.69) is 5.32 Å². The molecule has 0 aromatic heterocycles. The van der Waals surface area contributed by atoms with E-state index in [-0.39, 0.29) is 5.69 Å². The van der Waals surface area contributed by atoms with Crippen molar-refractivity contribution in [1.82, 2.24) is 0 Å². The van der Waals surface area contributed by atoms with Crippen molar-refractivity contribution in [3.05, 3.63) is 71.3 Å². The second kappa shape index (κ2) is 6.47. The van der Waals surface area contributed by atoms with Gasteiger partial charge in [0.25, 0.3) is 5.91 Å². The van der Waals surface area contributed by atoms with E-state index in [4.69, 9.17) is 0 Å². The van der Waals surface area contributed by atoms with Crippen LogP contribution in [0.15, 0.2) is 60.2 Å². The molecule has 1 amide bonds. The van der Waals surface area contributed by atoms with Crippen molar-refractivity contribution < 1.29 is 18.0 Å². The highest BCUT2D eigenvalue weighted by atomic mass is 19.4. The van der Waals surface area contributed by atoms with Crippen LogP contribution >= 0.6 is 0 Å². The number of nitrogens with one attached hydrogen (secondary N) is 1. The van der Waals surface area contributed by atoms with Crippen LogP contribution in [0.4, 0.5) is 18.9 Å². The largest absolute Gasteiger partial charge is 0.418 e. The quantitative estimate of drug-likeness (QED) is 0.815. The first-order chi connectivity index (χ1) is 10.4. The second-order valence-corrected chi connectivity index (χ2v) is 4.74. The maximum atomic E-state index is 12.9. The van der Waals surface area contributed by atoms with Gasteiger partial charge in [-0.2, -0.15) is 13.2 Å². The fourth-order valence-corrected chi connectivity index (χ4v) is 1.93. The summed E-state index contributed by atoms with van der Waals surface area (Å²) in [5, 5.41) is 2.31. The van der Waals surface area contributed by atoms with Crippen molar-refractivity contribution >= 4 is 17.7 Å². The highest BCUT2D eigenvalue weighted by Crippen LogP contribution is 2.34. The number of hydrogen-bond acceptors (Lipinski definition) is 1. The Labute approximate surface area is 126 Å². The van der Waals surface area contributed by atoms with Gasteiger partial charge >= 0.3 is 6.18 Å². The highest BCUT2D eigenvalue weighted by molar-refractivity contribution is 6.06. The molecule has 2 rings (SSSR count). The molecule has 22 heavy (non-hydrogen) atoms. The summed E-state index contributed by atoms with van der Waals surface area (Å²) >= 11 is 0. The van der Waals surface area contributed by atoms with Gasteiger partial charge in [0.15, 0.2) is 0 Å². The molecule has 2 aromatic carbocycles. The molecule has 0 fully saturated rings. The number of anilines is 1. The molecule has 1 N–H and O–H groups in total. The van der Waals surface area contributed by atoms with Gasteiger partial charge < -0.3 is 5.32 Å². The summed E-state index contributed by atoms with van der Waals surface area (Å²) in [6.45, 7) is 1.55. The smallest absolute Gasteiger partial charge is 0.322 e. The summed E-state index contributed by atoms with van der Waals surface area (Å²) in [4.78, 5) is 12.0. The van der Waals surface area contributed by atoms with E-state index in [1.54, 1.807) is 25.1 Å². The van der Waals surface area contributed by atoms with Crippen molar-refractivity contribution in [2.24, 2.45) is 0 Å². The molecule has 0 saturated carbocycles. The molecule has 114 valence electrons. The Kier molecular flexibility index (Phi) is 4.65. The van der Waals surface area contributed by atoms with Crippen LogP contribution in [-0.2, 0) is 11.0 Å². The molecule has 0 aliphatic rings. The highest BCUT2D eigenvalue weighted by Gasteiger charge is 2.33. The predicted octanol–water partition coefficient (Wildman–Crippen LogP) is 4.75. The molecule has 0 unspecified atom stereocenters. The number of rotatable bonds is 3. The maximum Gasteiger partial charge on any atom is 0.418 e. The molecule has 0 spiro atoms. The van der Waals surface area contributed by atoms with Gasteiger partial charge in [-0.3, -0.25) is 4.79 Å². The Bertz CT molecular complexity index is 691. The summed E-state index contributed by atoms with van der Waals surface area (Å²) in [5.41, 5.74) is 0.0131. The first-order valence-corrected chi connectivity index (χ1v) is 6.59. The van der Waals surface area contributed by atoms with E-state index in [1.807, 2.05) is 18.2 Å². The molecular formula is C17H14F3NO. The topological polar surface area (TPSA) is 29.1 Å². The lowest BCUT2D eigenvalue weighted by Crippen LogP contribution is -2.17. The lowest BCUT2D eigenvalue weighted by atomic mass is 10.1. The third-order valence-corrected chi connectivity index (χ3v) is 3.02. The Morgan fingerprint density at radius 3 is 2.23 bits per heavy atom. The van der Waals surface area contributed by atoms with Crippen LogP contribution in [0.25, 0.3) is 6.08 Å². The zero-order valence-corrected chi connectivity index (χ0v) is 11.8. The van der Waals surface area contributed by atoms with Crippen LogP contribution < -0.4 is 5.32 Å². The van der Waals surface area contributed by atoms with E-state index in [0.717, 1.165) is 11.6 Å². The first-order valence-electron chi connectivity index (χ1n) is 6.59. The van der Waals surface area contributed by atoms with Gasteiger partial charge in [0.1, 0.15) is 0 Å².